The second kappa shape index (κ2) is 4.64. The number of esters is 2. The van der Waals surface area contributed by atoms with Crippen molar-refractivity contribution in [2.24, 2.45) is 5.41 Å². The molecule has 1 atom stereocenters. The molecule has 0 aromatic heterocycles. The minimum Gasteiger partial charge on any atom is -0.462 e. The largest absolute Gasteiger partial charge is 0.462 e. The third-order valence-electron chi connectivity index (χ3n) is 2.53. The second-order valence-corrected chi connectivity index (χ2v) is 4.55. The molecule has 86 valence electrons. The number of hydrogen-bond donors (Lipinski definition) is 0. The molecular formula is C11H18O4. The fraction of sp³-hybridized carbons (Fsp3) is 0.818. The van der Waals surface area contributed by atoms with Crippen LogP contribution in [0.4, 0.5) is 0 Å². The van der Waals surface area contributed by atoms with Gasteiger partial charge >= 0.3 is 11.9 Å². The smallest absolute Gasteiger partial charge is 0.311 e. The lowest BCUT2D eigenvalue weighted by Crippen LogP contribution is -2.30. The molecule has 0 aliphatic carbocycles. The number of carbonyl (C=O) groups excluding carboxylic acids is 2. The summed E-state index contributed by atoms with van der Waals surface area (Å²) in [6.45, 7) is 5.94. The first kappa shape index (κ1) is 12.0. The van der Waals surface area contributed by atoms with Gasteiger partial charge in [0.15, 0.2) is 0 Å². The van der Waals surface area contributed by atoms with Crippen molar-refractivity contribution in [1.29, 1.82) is 0 Å². The molecule has 0 amide bonds. The van der Waals surface area contributed by atoms with E-state index in [1.807, 2.05) is 20.8 Å². The van der Waals surface area contributed by atoms with Gasteiger partial charge < -0.3 is 9.47 Å². The lowest BCUT2D eigenvalue weighted by Gasteiger charge is -2.23. The number of rotatable bonds is 4. The summed E-state index contributed by atoms with van der Waals surface area (Å²) in [5.41, 5.74) is -0.472. The molecule has 0 aromatic rings. The van der Waals surface area contributed by atoms with Crippen LogP contribution in [-0.4, -0.2) is 24.6 Å². The Bertz CT molecular complexity index is 257. The van der Waals surface area contributed by atoms with E-state index in [1.165, 1.54) is 0 Å². The zero-order valence-electron chi connectivity index (χ0n) is 9.54. The highest BCUT2D eigenvalue weighted by atomic mass is 16.6. The maximum absolute atomic E-state index is 11.7. The van der Waals surface area contributed by atoms with Crippen LogP contribution in [0, 0.1) is 5.41 Å². The number of hydrogen-bond acceptors (Lipinski definition) is 4. The van der Waals surface area contributed by atoms with Crippen molar-refractivity contribution in [3.63, 3.8) is 0 Å². The van der Waals surface area contributed by atoms with Crippen molar-refractivity contribution in [3.8, 4) is 0 Å². The first-order valence-corrected chi connectivity index (χ1v) is 5.32. The van der Waals surface area contributed by atoms with E-state index in [0.717, 1.165) is 12.8 Å². The summed E-state index contributed by atoms with van der Waals surface area (Å²) < 4.78 is 9.94. The van der Waals surface area contributed by atoms with Crippen molar-refractivity contribution in [2.45, 2.75) is 46.1 Å². The van der Waals surface area contributed by atoms with E-state index in [0.29, 0.717) is 0 Å². The van der Waals surface area contributed by atoms with Crippen molar-refractivity contribution in [2.75, 3.05) is 6.61 Å². The highest BCUT2D eigenvalue weighted by Gasteiger charge is 2.33. The fourth-order valence-corrected chi connectivity index (χ4v) is 1.60. The summed E-state index contributed by atoms with van der Waals surface area (Å²) in [7, 11) is 0. The molecule has 4 nitrogen and oxygen atoms in total. The summed E-state index contributed by atoms with van der Waals surface area (Å²) in [6.07, 6.45) is 1.52. The molecule has 1 rings (SSSR count). The Labute approximate surface area is 89.9 Å². The molecule has 1 aliphatic rings. The Morgan fingerprint density at radius 2 is 2.27 bits per heavy atom. The van der Waals surface area contributed by atoms with Gasteiger partial charge in [0.1, 0.15) is 12.7 Å². The highest BCUT2D eigenvalue weighted by Crippen LogP contribution is 2.25. The minimum absolute atomic E-state index is 0.188. The third kappa shape index (κ3) is 3.22. The van der Waals surface area contributed by atoms with Gasteiger partial charge in [-0.1, -0.05) is 13.3 Å². The summed E-state index contributed by atoms with van der Waals surface area (Å²) in [6, 6.07) is 0. The Balaban J connectivity index is 2.44. The summed E-state index contributed by atoms with van der Waals surface area (Å²) in [5, 5.41) is 0. The second-order valence-electron chi connectivity index (χ2n) is 4.55. The van der Waals surface area contributed by atoms with Gasteiger partial charge in [0.05, 0.1) is 11.8 Å². The Morgan fingerprint density at radius 3 is 2.73 bits per heavy atom. The Morgan fingerprint density at radius 1 is 1.60 bits per heavy atom. The van der Waals surface area contributed by atoms with Crippen LogP contribution in [0.1, 0.15) is 40.0 Å². The van der Waals surface area contributed by atoms with Crippen LogP contribution in [0.2, 0.25) is 0 Å². The topological polar surface area (TPSA) is 52.6 Å². The quantitative estimate of drug-likeness (QED) is 0.668. The van der Waals surface area contributed by atoms with Crippen LogP contribution in [0.25, 0.3) is 0 Å². The highest BCUT2D eigenvalue weighted by molar-refractivity contribution is 5.77. The van der Waals surface area contributed by atoms with Gasteiger partial charge in [0.25, 0.3) is 0 Å². The molecule has 0 radical (unpaired) electrons. The van der Waals surface area contributed by atoms with Crippen molar-refractivity contribution < 1.29 is 19.1 Å². The van der Waals surface area contributed by atoms with Crippen LogP contribution in [0.5, 0.6) is 0 Å². The molecule has 0 aromatic carbocycles. The molecule has 1 fully saturated rings. The average molecular weight is 214 g/mol. The van der Waals surface area contributed by atoms with Crippen LogP contribution in [0.15, 0.2) is 0 Å². The van der Waals surface area contributed by atoms with Gasteiger partial charge in [-0.25, -0.2) is 0 Å². The Hall–Kier alpha value is -1.06. The minimum atomic E-state index is -0.472. The fourth-order valence-electron chi connectivity index (χ4n) is 1.60. The maximum Gasteiger partial charge on any atom is 0.311 e. The lowest BCUT2D eigenvalue weighted by atomic mass is 9.88. The monoisotopic (exact) mass is 214 g/mol. The maximum atomic E-state index is 11.7. The molecule has 0 bridgehead atoms. The van der Waals surface area contributed by atoms with E-state index in [1.54, 1.807) is 0 Å². The van der Waals surface area contributed by atoms with Crippen molar-refractivity contribution >= 4 is 11.9 Å². The predicted octanol–water partition coefficient (Wildman–Crippen LogP) is 1.67. The van der Waals surface area contributed by atoms with E-state index in [2.05, 4.69) is 0 Å². The molecule has 1 aliphatic heterocycles. The van der Waals surface area contributed by atoms with Gasteiger partial charge in [-0.15, -0.1) is 0 Å². The summed E-state index contributed by atoms with van der Waals surface area (Å²) in [4.78, 5) is 22.5. The van der Waals surface area contributed by atoms with Gasteiger partial charge in [-0.3, -0.25) is 9.59 Å². The van der Waals surface area contributed by atoms with E-state index < -0.39 is 5.41 Å². The average Bonchev–Trinajstić information content (AvgIpc) is 2.51. The molecule has 0 saturated carbocycles. The Kier molecular flexibility index (Phi) is 3.72. The van der Waals surface area contributed by atoms with Crippen LogP contribution < -0.4 is 0 Å². The van der Waals surface area contributed by atoms with Gasteiger partial charge in [0.2, 0.25) is 0 Å². The predicted molar refractivity (Wildman–Crippen MR) is 54.1 cm³/mol. The van der Waals surface area contributed by atoms with E-state index >= 15 is 0 Å². The lowest BCUT2D eigenvalue weighted by molar-refractivity contribution is -0.160. The first-order valence-electron chi connectivity index (χ1n) is 5.32. The van der Waals surface area contributed by atoms with E-state index in [9.17, 15) is 9.59 Å². The van der Waals surface area contributed by atoms with Gasteiger partial charge in [-0.2, -0.15) is 0 Å². The van der Waals surface area contributed by atoms with Crippen LogP contribution >= 0.6 is 0 Å². The first-order chi connectivity index (χ1) is 6.95. The van der Waals surface area contributed by atoms with E-state index in [4.69, 9.17) is 9.47 Å². The number of ether oxygens (including phenoxy) is 2. The standard InChI is InChI=1S/C11H18O4/c1-4-5-11(2,3)10(13)15-8-6-9(12)14-7-8/h8H,4-7H2,1-3H3. The van der Waals surface area contributed by atoms with Gasteiger partial charge in [-0.05, 0) is 20.3 Å². The van der Waals surface area contributed by atoms with Crippen molar-refractivity contribution in [3.05, 3.63) is 0 Å². The summed E-state index contributed by atoms with van der Waals surface area (Å²) >= 11 is 0. The molecule has 15 heavy (non-hydrogen) atoms. The molecule has 0 spiro atoms. The normalized spacial score (nSPS) is 21.3. The number of carbonyl (C=O) groups is 2. The summed E-state index contributed by atoms with van der Waals surface area (Å²) in [5.74, 6) is -0.534. The molecule has 4 heteroatoms. The van der Waals surface area contributed by atoms with Crippen LogP contribution in [-0.2, 0) is 19.1 Å². The molecular weight excluding hydrogens is 196 g/mol. The molecule has 1 unspecified atom stereocenters. The van der Waals surface area contributed by atoms with Crippen LogP contribution in [0.3, 0.4) is 0 Å². The zero-order valence-corrected chi connectivity index (χ0v) is 9.54. The molecule has 1 heterocycles. The van der Waals surface area contributed by atoms with Crippen molar-refractivity contribution in [1.82, 2.24) is 0 Å². The molecule has 1 saturated heterocycles. The number of cyclic esters (lactones) is 1. The zero-order chi connectivity index (χ0) is 11.5. The van der Waals surface area contributed by atoms with Gasteiger partial charge in [0, 0.05) is 0 Å². The SMILES string of the molecule is CCCC(C)(C)C(=O)OC1COC(=O)C1. The van der Waals surface area contributed by atoms with E-state index in [-0.39, 0.29) is 31.1 Å². The molecule has 0 N–H and O–H groups in total. The third-order valence-corrected chi connectivity index (χ3v) is 2.53.